The Morgan fingerprint density at radius 1 is 1.09 bits per heavy atom. The predicted octanol–water partition coefficient (Wildman–Crippen LogP) is 0.293. The third-order valence-corrected chi connectivity index (χ3v) is 5.91. The van der Waals surface area contributed by atoms with Crippen molar-refractivity contribution in [1.82, 2.24) is 21.3 Å². The number of nitrogens with one attached hydrogen (secondary N) is 4. The van der Waals surface area contributed by atoms with Crippen LogP contribution in [-0.4, -0.2) is 71.5 Å². The normalized spacial score (nSPS) is 18.2. The number of carboxylic acids is 1. The molecule has 1 fully saturated rings. The van der Waals surface area contributed by atoms with Crippen LogP contribution in [0.2, 0.25) is 0 Å². The van der Waals surface area contributed by atoms with E-state index in [2.05, 4.69) is 21.3 Å². The molecule has 1 heterocycles. The summed E-state index contributed by atoms with van der Waals surface area (Å²) in [5, 5.41) is 20.5. The van der Waals surface area contributed by atoms with Gasteiger partial charge in [-0.05, 0) is 50.3 Å². The number of hydrogen-bond donors (Lipinski definition) is 5. The van der Waals surface area contributed by atoms with Crippen LogP contribution in [0, 0.1) is 0 Å². The minimum Gasteiger partial charge on any atom is -0.480 e. The Hall–Kier alpha value is -2.59. The third-order valence-electron chi connectivity index (χ3n) is 5.27. The Labute approximate surface area is 192 Å². The summed E-state index contributed by atoms with van der Waals surface area (Å²) >= 11 is 1.51. The van der Waals surface area contributed by atoms with Crippen LogP contribution < -0.4 is 21.3 Å². The Morgan fingerprint density at radius 2 is 1.78 bits per heavy atom. The molecule has 1 aromatic rings. The summed E-state index contributed by atoms with van der Waals surface area (Å²) in [5.41, 5.74) is 0.779. The first-order valence-electron chi connectivity index (χ1n) is 10.7. The van der Waals surface area contributed by atoms with Gasteiger partial charge in [-0.25, -0.2) is 4.79 Å². The molecule has 1 aromatic carbocycles. The lowest BCUT2D eigenvalue weighted by Crippen LogP contribution is -2.56. The highest BCUT2D eigenvalue weighted by atomic mass is 32.2. The van der Waals surface area contributed by atoms with Crippen molar-refractivity contribution in [2.45, 2.75) is 56.8 Å². The SMILES string of the molecule is CSCCC(NC(=O)C(C)NC(=O)C1CCCN1)C(=O)NC(Cc1ccccc1)C(=O)O. The van der Waals surface area contributed by atoms with E-state index >= 15 is 0 Å². The van der Waals surface area contributed by atoms with Crippen LogP contribution in [0.15, 0.2) is 30.3 Å². The standard InChI is InChI=1S/C22H32N4O5S/c1-14(24-20(28)16-9-6-11-23-16)19(27)25-17(10-12-32-2)21(29)26-18(22(30)31)13-15-7-4-3-5-8-15/h3-5,7-8,14,16-18,23H,6,9-13H2,1-2H3,(H,24,28)(H,25,27)(H,26,29)(H,30,31). The van der Waals surface area contributed by atoms with Gasteiger partial charge < -0.3 is 26.4 Å². The number of carboxylic acid groups (broad SMARTS) is 1. The fourth-order valence-corrected chi connectivity index (χ4v) is 3.88. The highest BCUT2D eigenvalue weighted by Crippen LogP contribution is 2.07. The molecule has 10 heteroatoms. The quantitative estimate of drug-likeness (QED) is 0.300. The zero-order chi connectivity index (χ0) is 23.5. The summed E-state index contributed by atoms with van der Waals surface area (Å²) in [5.74, 6) is -1.85. The maximum atomic E-state index is 12.8. The summed E-state index contributed by atoms with van der Waals surface area (Å²) in [7, 11) is 0. The van der Waals surface area contributed by atoms with Gasteiger partial charge in [0.15, 0.2) is 0 Å². The fourth-order valence-electron chi connectivity index (χ4n) is 3.41. The van der Waals surface area contributed by atoms with Crippen molar-refractivity contribution in [2.24, 2.45) is 0 Å². The third kappa shape index (κ3) is 8.16. The summed E-state index contributed by atoms with van der Waals surface area (Å²) in [6, 6.07) is 5.85. The van der Waals surface area contributed by atoms with Crippen LogP contribution in [0.25, 0.3) is 0 Å². The van der Waals surface area contributed by atoms with Crippen molar-refractivity contribution in [3.05, 3.63) is 35.9 Å². The van der Waals surface area contributed by atoms with Gasteiger partial charge in [0.2, 0.25) is 17.7 Å². The number of carbonyl (C=O) groups is 4. The average molecular weight is 465 g/mol. The van der Waals surface area contributed by atoms with Crippen molar-refractivity contribution in [3.8, 4) is 0 Å². The average Bonchev–Trinajstić information content (AvgIpc) is 3.31. The molecule has 176 valence electrons. The monoisotopic (exact) mass is 464 g/mol. The molecule has 9 nitrogen and oxygen atoms in total. The zero-order valence-electron chi connectivity index (χ0n) is 18.4. The van der Waals surface area contributed by atoms with E-state index in [0.717, 1.165) is 24.9 Å². The number of aliphatic carboxylic acids is 1. The van der Waals surface area contributed by atoms with Crippen molar-refractivity contribution in [1.29, 1.82) is 0 Å². The van der Waals surface area contributed by atoms with Crippen molar-refractivity contribution < 1.29 is 24.3 Å². The van der Waals surface area contributed by atoms with Gasteiger partial charge in [-0.3, -0.25) is 14.4 Å². The molecule has 3 amide bonds. The van der Waals surface area contributed by atoms with Crippen molar-refractivity contribution >= 4 is 35.5 Å². The molecule has 4 atom stereocenters. The summed E-state index contributed by atoms with van der Waals surface area (Å²) in [6.07, 6.45) is 3.97. The van der Waals surface area contributed by atoms with Crippen molar-refractivity contribution in [3.63, 3.8) is 0 Å². The minimum atomic E-state index is -1.15. The molecule has 1 aliphatic heterocycles. The van der Waals surface area contributed by atoms with Gasteiger partial charge in [-0.1, -0.05) is 30.3 Å². The molecule has 1 aliphatic rings. The molecule has 1 saturated heterocycles. The van der Waals surface area contributed by atoms with E-state index in [1.807, 2.05) is 12.3 Å². The maximum Gasteiger partial charge on any atom is 0.326 e. The molecule has 0 spiro atoms. The number of hydrogen-bond acceptors (Lipinski definition) is 6. The zero-order valence-corrected chi connectivity index (χ0v) is 19.2. The lowest BCUT2D eigenvalue weighted by Gasteiger charge is -2.23. The molecule has 0 aromatic heterocycles. The van der Waals surface area contributed by atoms with E-state index in [4.69, 9.17) is 0 Å². The Balaban J connectivity index is 1.98. The molecule has 5 N–H and O–H groups in total. The topological polar surface area (TPSA) is 137 Å². The summed E-state index contributed by atoms with van der Waals surface area (Å²) < 4.78 is 0. The number of benzene rings is 1. The molecule has 4 unspecified atom stereocenters. The number of rotatable bonds is 12. The van der Waals surface area contributed by atoms with Crippen molar-refractivity contribution in [2.75, 3.05) is 18.6 Å². The van der Waals surface area contributed by atoms with Crippen LogP contribution in [0.1, 0.15) is 31.7 Å². The molecule has 0 bridgehead atoms. The van der Waals surface area contributed by atoms with Gasteiger partial charge in [-0.15, -0.1) is 0 Å². The van der Waals surface area contributed by atoms with E-state index < -0.39 is 35.9 Å². The smallest absolute Gasteiger partial charge is 0.326 e. The highest BCUT2D eigenvalue weighted by Gasteiger charge is 2.29. The summed E-state index contributed by atoms with van der Waals surface area (Å²) in [6.45, 7) is 2.32. The van der Waals surface area contributed by atoms with E-state index in [1.165, 1.54) is 11.8 Å². The number of amides is 3. The molecule has 0 aliphatic carbocycles. The van der Waals surface area contributed by atoms with Crippen LogP contribution in [-0.2, 0) is 25.6 Å². The number of carbonyl (C=O) groups excluding carboxylic acids is 3. The minimum absolute atomic E-state index is 0.131. The van der Waals surface area contributed by atoms with E-state index in [0.29, 0.717) is 12.2 Å². The first-order chi connectivity index (χ1) is 15.3. The maximum absolute atomic E-state index is 12.8. The molecular weight excluding hydrogens is 432 g/mol. The second kappa shape index (κ2) is 13.1. The van der Waals surface area contributed by atoms with Crippen LogP contribution in [0.4, 0.5) is 0 Å². The van der Waals surface area contributed by atoms with Gasteiger partial charge >= 0.3 is 5.97 Å². The second-order valence-corrected chi connectivity index (χ2v) is 8.80. The second-order valence-electron chi connectivity index (χ2n) is 7.81. The highest BCUT2D eigenvalue weighted by molar-refractivity contribution is 7.98. The van der Waals surface area contributed by atoms with Gasteiger partial charge in [0, 0.05) is 6.42 Å². The van der Waals surface area contributed by atoms with Gasteiger partial charge in [-0.2, -0.15) is 11.8 Å². The van der Waals surface area contributed by atoms with E-state index in [-0.39, 0.29) is 18.4 Å². The molecular formula is C22H32N4O5S. The fraction of sp³-hybridized carbons (Fsp3) is 0.545. The first-order valence-corrected chi connectivity index (χ1v) is 12.1. The molecule has 0 radical (unpaired) electrons. The predicted molar refractivity (Wildman–Crippen MR) is 123 cm³/mol. The van der Waals surface area contributed by atoms with Gasteiger partial charge in [0.25, 0.3) is 0 Å². The van der Waals surface area contributed by atoms with Crippen LogP contribution >= 0.6 is 11.8 Å². The van der Waals surface area contributed by atoms with E-state index in [1.54, 1.807) is 31.2 Å². The lowest BCUT2D eigenvalue weighted by atomic mass is 10.1. The Bertz CT molecular complexity index is 786. The lowest BCUT2D eigenvalue weighted by molar-refractivity contribution is -0.142. The van der Waals surface area contributed by atoms with Gasteiger partial charge in [0.05, 0.1) is 6.04 Å². The van der Waals surface area contributed by atoms with E-state index in [9.17, 15) is 24.3 Å². The Kier molecular flexibility index (Phi) is 10.5. The summed E-state index contributed by atoms with van der Waals surface area (Å²) in [4.78, 5) is 49.4. The largest absolute Gasteiger partial charge is 0.480 e. The molecule has 2 rings (SSSR count). The van der Waals surface area contributed by atoms with Crippen LogP contribution in [0.3, 0.4) is 0 Å². The van der Waals surface area contributed by atoms with Gasteiger partial charge in [0.1, 0.15) is 18.1 Å². The Morgan fingerprint density at radius 3 is 2.38 bits per heavy atom. The number of thioether (sulfide) groups is 1. The van der Waals surface area contributed by atoms with Crippen LogP contribution in [0.5, 0.6) is 0 Å². The first kappa shape index (κ1) is 25.7. The molecule has 32 heavy (non-hydrogen) atoms. The molecule has 0 saturated carbocycles.